The van der Waals surface area contributed by atoms with E-state index in [1.165, 1.54) is 0 Å². The van der Waals surface area contributed by atoms with Gasteiger partial charge in [0.2, 0.25) is 0 Å². The van der Waals surface area contributed by atoms with Crippen molar-refractivity contribution in [3.63, 3.8) is 0 Å². The van der Waals surface area contributed by atoms with Gasteiger partial charge in [-0.3, -0.25) is 0 Å². The summed E-state index contributed by atoms with van der Waals surface area (Å²) in [6.07, 6.45) is -0.695. The number of benzene rings is 1. The fourth-order valence-corrected chi connectivity index (χ4v) is 3.77. The maximum Gasteiger partial charge on any atom is 0.407 e. The Morgan fingerprint density at radius 3 is 2.44 bits per heavy atom. The van der Waals surface area contributed by atoms with Gasteiger partial charge in [-0.1, -0.05) is 17.7 Å². The molecule has 1 aliphatic rings. The topological polar surface area (TPSA) is 74.7 Å². The fraction of sp³-hybridized carbons (Fsp3) is 0.417. The van der Waals surface area contributed by atoms with E-state index in [2.05, 4.69) is 0 Å². The maximum atomic E-state index is 12.3. The number of hydrogen-bond donors (Lipinski definition) is 1. The van der Waals surface area contributed by atoms with Crippen molar-refractivity contribution in [3.8, 4) is 0 Å². The van der Waals surface area contributed by atoms with Crippen LogP contribution in [-0.2, 0) is 9.84 Å². The zero-order chi connectivity index (χ0) is 13.3. The van der Waals surface area contributed by atoms with Gasteiger partial charge in [0.15, 0.2) is 9.84 Å². The van der Waals surface area contributed by atoms with E-state index in [1.807, 2.05) is 6.92 Å². The molecule has 1 atom stereocenters. The number of rotatable bonds is 2. The van der Waals surface area contributed by atoms with Gasteiger partial charge >= 0.3 is 6.09 Å². The van der Waals surface area contributed by atoms with Gasteiger partial charge < -0.3 is 10.0 Å². The smallest absolute Gasteiger partial charge is 0.407 e. The molecule has 0 aliphatic carbocycles. The molecule has 1 amide bonds. The van der Waals surface area contributed by atoms with Crippen LogP contribution in [-0.4, -0.2) is 42.9 Å². The molecule has 1 saturated heterocycles. The van der Waals surface area contributed by atoms with Gasteiger partial charge in [-0.2, -0.15) is 0 Å². The van der Waals surface area contributed by atoms with E-state index < -0.39 is 21.2 Å². The second kappa shape index (κ2) is 4.61. The number of carboxylic acid groups (broad SMARTS) is 1. The van der Waals surface area contributed by atoms with Gasteiger partial charge in [0.1, 0.15) is 0 Å². The molecule has 0 saturated carbocycles. The van der Waals surface area contributed by atoms with E-state index in [-0.39, 0.29) is 18.0 Å². The van der Waals surface area contributed by atoms with Gasteiger partial charge in [0, 0.05) is 13.1 Å². The standard InChI is InChI=1S/C12H15NO4S/c1-9-2-4-10(5-3-9)18(16,17)11-6-7-13(8-11)12(14)15/h2-5,11H,6-8H2,1H3,(H,14,15). The van der Waals surface area contributed by atoms with Crippen LogP contribution in [0.25, 0.3) is 0 Å². The highest BCUT2D eigenvalue weighted by molar-refractivity contribution is 7.92. The summed E-state index contributed by atoms with van der Waals surface area (Å²) in [4.78, 5) is 12.2. The first kappa shape index (κ1) is 12.9. The zero-order valence-corrected chi connectivity index (χ0v) is 10.9. The summed E-state index contributed by atoms with van der Waals surface area (Å²) < 4.78 is 24.6. The van der Waals surface area contributed by atoms with Crippen LogP contribution in [0.5, 0.6) is 0 Å². The normalized spacial score (nSPS) is 20.1. The van der Waals surface area contributed by atoms with E-state index in [0.717, 1.165) is 10.5 Å². The number of amides is 1. The van der Waals surface area contributed by atoms with Gasteiger partial charge in [0.05, 0.1) is 10.1 Å². The fourth-order valence-electron chi connectivity index (χ4n) is 2.08. The minimum absolute atomic E-state index is 0.0611. The Morgan fingerprint density at radius 1 is 1.33 bits per heavy atom. The number of nitrogens with zero attached hydrogens (tertiary/aromatic N) is 1. The van der Waals surface area contributed by atoms with E-state index in [4.69, 9.17) is 5.11 Å². The third-order valence-electron chi connectivity index (χ3n) is 3.20. The van der Waals surface area contributed by atoms with Crippen LogP contribution in [0, 0.1) is 6.92 Å². The van der Waals surface area contributed by atoms with Crippen molar-refractivity contribution in [2.24, 2.45) is 0 Å². The predicted molar refractivity (Wildman–Crippen MR) is 66.4 cm³/mol. The van der Waals surface area contributed by atoms with Crippen LogP contribution >= 0.6 is 0 Å². The SMILES string of the molecule is Cc1ccc(S(=O)(=O)C2CCN(C(=O)O)C2)cc1. The molecule has 6 heteroatoms. The van der Waals surface area contributed by atoms with Gasteiger partial charge in [0.25, 0.3) is 0 Å². The Hall–Kier alpha value is -1.56. The predicted octanol–water partition coefficient (Wildman–Crippen LogP) is 1.52. The molecule has 5 nitrogen and oxygen atoms in total. The molecule has 1 aromatic carbocycles. The maximum absolute atomic E-state index is 12.3. The molecule has 0 bridgehead atoms. The molecule has 1 heterocycles. The first-order valence-corrected chi connectivity index (χ1v) is 7.24. The average Bonchev–Trinajstić information content (AvgIpc) is 2.79. The molecule has 98 valence electrons. The molecular formula is C12H15NO4S. The highest BCUT2D eigenvalue weighted by Gasteiger charge is 2.35. The summed E-state index contributed by atoms with van der Waals surface area (Å²) in [5.41, 5.74) is 0.993. The summed E-state index contributed by atoms with van der Waals surface area (Å²) in [7, 11) is -3.43. The number of aryl methyl sites for hydroxylation is 1. The van der Waals surface area contributed by atoms with Crippen molar-refractivity contribution in [3.05, 3.63) is 29.8 Å². The first-order chi connectivity index (χ1) is 8.41. The van der Waals surface area contributed by atoms with Crippen LogP contribution in [0.15, 0.2) is 29.2 Å². The van der Waals surface area contributed by atoms with Crippen LogP contribution in [0.4, 0.5) is 4.79 Å². The lowest BCUT2D eigenvalue weighted by molar-refractivity contribution is 0.156. The molecule has 0 spiro atoms. The molecule has 1 fully saturated rings. The minimum Gasteiger partial charge on any atom is -0.465 e. The zero-order valence-electron chi connectivity index (χ0n) is 10.0. The summed E-state index contributed by atoms with van der Waals surface area (Å²) in [5.74, 6) is 0. The Bertz CT molecular complexity index is 550. The van der Waals surface area contributed by atoms with Crippen molar-refractivity contribution in [2.45, 2.75) is 23.5 Å². The molecule has 1 aromatic rings. The second-order valence-electron chi connectivity index (χ2n) is 4.50. The monoisotopic (exact) mass is 269 g/mol. The van der Waals surface area contributed by atoms with Gasteiger partial charge in [-0.25, -0.2) is 13.2 Å². The summed E-state index contributed by atoms with van der Waals surface area (Å²) in [6.45, 7) is 2.23. The van der Waals surface area contributed by atoms with Crippen LogP contribution in [0.3, 0.4) is 0 Å². The Balaban J connectivity index is 2.22. The molecule has 1 unspecified atom stereocenters. The molecule has 18 heavy (non-hydrogen) atoms. The molecule has 2 rings (SSSR count). The molecule has 0 radical (unpaired) electrons. The number of hydrogen-bond acceptors (Lipinski definition) is 3. The molecule has 1 N–H and O–H groups in total. The van der Waals surface area contributed by atoms with Crippen molar-refractivity contribution in [1.82, 2.24) is 4.90 Å². The number of likely N-dealkylation sites (tertiary alicyclic amines) is 1. The third-order valence-corrected chi connectivity index (χ3v) is 5.40. The van der Waals surface area contributed by atoms with E-state index >= 15 is 0 Å². The minimum atomic E-state index is -3.43. The second-order valence-corrected chi connectivity index (χ2v) is 6.73. The van der Waals surface area contributed by atoms with Crippen molar-refractivity contribution in [1.29, 1.82) is 0 Å². The number of carbonyl (C=O) groups is 1. The average molecular weight is 269 g/mol. The highest BCUT2D eigenvalue weighted by atomic mass is 32.2. The molecule has 0 aromatic heterocycles. The van der Waals surface area contributed by atoms with E-state index in [0.29, 0.717) is 6.42 Å². The lowest BCUT2D eigenvalue weighted by Crippen LogP contribution is -2.30. The Kier molecular flexibility index (Phi) is 3.30. The third kappa shape index (κ3) is 2.33. The van der Waals surface area contributed by atoms with Gasteiger partial charge in [-0.15, -0.1) is 0 Å². The Morgan fingerprint density at radius 2 is 1.94 bits per heavy atom. The van der Waals surface area contributed by atoms with Crippen molar-refractivity contribution >= 4 is 15.9 Å². The van der Waals surface area contributed by atoms with Crippen molar-refractivity contribution < 1.29 is 18.3 Å². The molecular weight excluding hydrogens is 254 g/mol. The number of sulfone groups is 1. The summed E-state index contributed by atoms with van der Waals surface area (Å²) >= 11 is 0. The van der Waals surface area contributed by atoms with E-state index in [9.17, 15) is 13.2 Å². The lowest BCUT2D eigenvalue weighted by atomic mass is 10.2. The summed E-state index contributed by atoms with van der Waals surface area (Å²) in [5, 5.41) is 8.21. The quantitative estimate of drug-likeness (QED) is 0.883. The van der Waals surface area contributed by atoms with Gasteiger partial charge in [-0.05, 0) is 25.5 Å². The largest absolute Gasteiger partial charge is 0.465 e. The van der Waals surface area contributed by atoms with E-state index in [1.54, 1.807) is 24.3 Å². The molecule has 1 aliphatic heterocycles. The Labute approximate surface area is 106 Å². The first-order valence-electron chi connectivity index (χ1n) is 5.69. The summed E-state index contributed by atoms with van der Waals surface area (Å²) in [6, 6.07) is 6.65. The van der Waals surface area contributed by atoms with Crippen molar-refractivity contribution in [2.75, 3.05) is 13.1 Å². The van der Waals surface area contributed by atoms with Crippen LogP contribution in [0.2, 0.25) is 0 Å². The highest BCUT2D eigenvalue weighted by Crippen LogP contribution is 2.24. The lowest BCUT2D eigenvalue weighted by Gasteiger charge is -2.13. The van der Waals surface area contributed by atoms with Crippen LogP contribution < -0.4 is 0 Å². The van der Waals surface area contributed by atoms with Crippen LogP contribution in [0.1, 0.15) is 12.0 Å².